The molecule has 0 saturated heterocycles. The number of aromatic amines is 1. The van der Waals surface area contributed by atoms with Crippen LogP contribution in [-0.4, -0.2) is 35.1 Å². The maximum Gasteiger partial charge on any atom is 0.178 e. The molecule has 1 atom stereocenters. The number of rotatable bonds is 5. The number of imidazole rings is 1. The minimum atomic E-state index is 0.410. The van der Waals surface area contributed by atoms with E-state index in [4.69, 9.17) is 12.2 Å². The van der Waals surface area contributed by atoms with Crippen molar-refractivity contribution in [3.8, 4) is 0 Å². The van der Waals surface area contributed by atoms with Gasteiger partial charge in [0.05, 0.1) is 11.0 Å². The first-order valence-electron chi connectivity index (χ1n) is 7.24. The zero-order valence-electron chi connectivity index (χ0n) is 13.1. The van der Waals surface area contributed by atoms with Gasteiger partial charge in [-0.15, -0.1) is 0 Å². The van der Waals surface area contributed by atoms with Gasteiger partial charge in [-0.25, -0.2) is 0 Å². The van der Waals surface area contributed by atoms with Crippen LogP contribution in [0.15, 0.2) is 18.2 Å². The molecule has 0 aliphatic carbocycles. The summed E-state index contributed by atoms with van der Waals surface area (Å²) in [6.45, 7) is 7.67. The molecule has 4 heteroatoms. The van der Waals surface area contributed by atoms with Crippen molar-refractivity contribution in [2.45, 2.75) is 33.2 Å². The minimum absolute atomic E-state index is 0.410. The molecule has 1 aromatic carbocycles. The van der Waals surface area contributed by atoms with Gasteiger partial charge in [-0.3, -0.25) is 0 Å². The molecule has 0 aliphatic heterocycles. The summed E-state index contributed by atoms with van der Waals surface area (Å²) < 4.78 is 3.14. The van der Waals surface area contributed by atoms with Crippen LogP contribution in [0.25, 0.3) is 11.0 Å². The van der Waals surface area contributed by atoms with E-state index in [9.17, 15) is 0 Å². The summed E-state index contributed by atoms with van der Waals surface area (Å²) in [6, 6.07) is 6.81. The van der Waals surface area contributed by atoms with Crippen molar-refractivity contribution in [3.05, 3.63) is 28.5 Å². The van der Waals surface area contributed by atoms with Gasteiger partial charge in [-0.1, -0.05) is 26.0 Å². The number of nitrogens with one attached hydrogen (secondary N) is 1. The highest BCUT2D eigenvalue weighted by molar-refractivity contribution is 7.71. The molecule has 0 saturated carbocycles. The molecule has 2 aromatic rings. The first-order chi connectivity index (χ1) is 9.40. The van der Waals surface area contributed by atoms with Crippen molar-refractivity contribution in [1.29, 1.82) is 0 Å². The summed E-state index contributed by atoms with van der Waals surface area (Å²) in [5, 5.41) is 0. The zero-order chi connectivity index (χ0) is 14.9. The Morgan fingerprint density at radius 2 is 2.00 bits per heavy atom. The summed E-state index contributed by atoms with van der Waals surface area (Å²) in [4.78, 5) is 5.62. The lowest BCUT2D eigenvalue weighted by Gasteiger charge is -2.25. The third kappa shape index (κ3) is 3.13. The quantitative estimate of drug-likeness (QED) is 0.837. The smallest absolute Gasteiger partial charge is 0.178 e. The molecule has 0 fully saturated rings. The number of hydrogen-bond donors (Lipinski definition) is 1. The molecule has 1 N–H and O–H groups in total. The van der Waals surface area contributed by atoms with E-state index in [0.717, 1.165) is 17.7 Å². The number of aromatic nitrogens is 2. The Morgan fingerprint density at radius 1 is 1.30 bits per heavy atom. The van der Waals surface area contributed by atoms with Crippen LogP contribution >= 0.6 is 12.2 Å². The number of nitrogens with zero attached hydrogens (tertiary/aromatic N) is 2. The van der Waals surface area contributed by atoms with Gasteiger partial charge in [-0.05, 0) is 57.2 Å². The monoisotopic (exact) mass is 291 g/mol. The second kappa shape index (κ2) is 6.10. The number of aryl methyl sites for hydroxylation is 1. The fourth-order valence-electron chi connectivity index (χ4n) is 2.88. The lowest BCUT2D eigenvalue weighted by Crippen LogP contribution is -2.25. The van der Waals surface area contributed by atoms with E-state index in [0.29, 0.717) is 12.0 Å². The molecule has 0 bridgehead atoms. The van der Waals surface area contributed by atoms with E-state index < -0.39 is 0 Å². The number of H-pyrrole nitrogens is 1. The Balaban J connectivity index is 2.55. The first-order valence-corrected chi connectivity index (χ1v) is 7.65. The van der Waals surface area contributed by atoms with Crippen molar-refractivity contribution >= 4 is 23.3 Å². The van der Waals surface area contributed by atoms with Gasteiger partial charge in [-0.2, -0.15) is 0 Å². The molecule has 1 unspecified atom stereocenters. The largest absolute Gasteiger partial charge is 0.330 e. The van der Waals surface area contributed by atoms with Crippen molar-refractivity contribution in [2.75, 3.05) is 20.6 Å². The standard InChI is InChI=1S/C16H25N3S/c1-11(2)9-13(10-18(4)5)19-14-8-6-7-12(3)15(14)17-16(19)20/h6-8,11,13H,9-10H2,1-5H3,(H,17,20). The van der Waals surface area contributed by atoms with Crippen molar-refractivity contribution < 1.29 is 0 Å². The lowest BCUT2D eigenvalue weighted by molar-refractivity contribution is 0.291. The molecule has 2 rings (SSSR count). The molecular weight excluding hydrogens is 266 g/mol. The molecule has 110 valence electrons. The van der Waals surface area contributed by atoms with Gasteiger partial charge in [0.25, 0.3) is 0 Å². The van der Waals surface area contributed by atoms with Crippen molar-refractivity contribution in [1.82, 2.24) is 14.5 Å². The van der Waals surface area contributed by atoms with Gasteiger partial charge in [0.1, 0.15) is 0 Å². The lowest BCUT2D eigenvalue weighted by atomic mass is 10.0. The number of benzene rings is 1. The van der Waals surface area contributed by atoms with Crippen LogP contribution in [0.4, 0.5) is 0 Å². The summed E-state index contributed by atoms with van der Waals surface area (Å²) >= 11 is 5.58. The van der Waals surface area contributed by atoms with Crippen molar-refractivity contribution in [3.63, 3.8) is 0 Å². The molecule has 0 radical (unpaired) electrons. The predicted octanol–water partition coefficient (Wildman–Crippen LogP) is 4.16. The maximum absolute atomic E-state index is 5.58. The van der Waals surface area contributed by atoms with E-state index in [1.165, 1.54) is 16.6 Å². The highest BCUT2D eigenvalue weighted by atomic mass is 32.1. The normalized spacial score (nSPS) is 13.6. The van der Waals surface area contributed by atoms with Crippen LogP contribution in [-0.2, 0) is 0 Å². The topological polar surface area (TPSA) is 24.0 Å². The molecule has 20 heavy (non-hydrogen) atoms. The Hall–Kier alpha value is -1.13. The van der Waals surface area contributed by atoms with Gasteiger partial charge in [0, 0.05) is 12.6 Å². The minimum Gasteiger partial charge on any atom is -0.330 e. The van der Waals surface area contributed by atoms with Gasteiger partial charge < -0.3 is 14.5 Å². The van der Waals surface area contributed by atoms with Crippen LogP contribution in [0.5, 0.6) is 0 Å². The first kappa shape index (κ1) is 15.3. The van der Waals surface area contributed by atoms with Gasteiger partial charge >= 0.3 is 0 Å². The number of likely N-dealkylation sites (N-methyl/N-ethyl adjacent to an activating group) is 1. The molecule has 3 nitrogen and oxygen atoms in total. The van der Waals surface area contributed by atoms with Crippen LogP contribution in [0.3, 0.4) is 0 Å². The van der Waals surface area contributed by atoms with Crippen LogP contribution < -0.4 is 0 Å². The Morgan fingerprint density at radius 3 is 2.60 bits per heavy atom. The van der Waals surface area contributed by atoms with E-state index in [1.807, 2.05) is 0 Å². The number of hydrogen-bond acceptors (Lipinski definition) is 2. The van der Waals surface area contributed by atoms with Crippen LogP contribution in [0.2, 0.25) is 0 Å². The Labute approximate surface area is 126 Å². The highest BCUT2D eigenvalue weighted by Crippen LogP contribution is 2.26. The number of para-hydroxylation sites is 1. The van der Waals surface area contributed by atoms with E-state index in [2.05, 4.69) is 67.5 Å². The summed E-state index contributed by atoms with van der Waals surface area (Å²) in [7, 11) is 4.24. The molecule has 0 spiro atoms. The van der Waals surface area contributed by atoms with E-state index in [1.54, 1.807) is 0 Å². The molecular formula is C16H25N3S. The highest BCUT2D eigenvalue weighted by Gasteiger charge is 2.18. The fourth-order valence-corrected chi connectivity index (χ4v) is 3.23. The van der Waals surface area contributed by atoms with Crippen molar-refractivity contribution in [2.24, 2.45) is 5.92 Å². The summed E-state index contributed by atoms with van der Waals surface area (Å²) in [5.41, 5.74) is 3.65. The van der Waals surface area contributed by atoms with Gasteiger partial charge in [0.15, 0.2) is 4.77 Å². The van der Waals surface area contributed by atoms with Crippen LogP contribution in [0, 0.1) is 17.6 Å². The molecule has 0 aliphatic rings. The summed E-state index contributed by atoms with van der Waals surface area (Å²) in [6.07, 6.45) is 1.13. The SMILES string of the molecule is Cc1cccc2c1[nH]c(=S)n2C(CC(C)C)CN(C)C. The second-order valence-corrected chi connectivity index (χ2v) is 6.70. The molecule has 0 amide bonds. The second-order valence-electron chi connectivity index (χ2n) is 6.31. The maximum atomic E-state index is 5.58. The average molecular weight is 291 g/mol. The third-order valence-corrected chi connectivity index (χ3v) is 3.94. The van der Waals surface area contributed by atoms with E-state index >= 15 is 0 Å². The van der Waals surface area contributed by atoms with E-state index in [-0.39, 0.29) is 0 Å². The fraction of sp³-hybridized carbons (Fsp3) is 0.562. The number of fused-ring (bicyclic) bond motifs is 1. The zero-order valence-corrected chi connectivity index (χ0v) is 13.9. The average Bonchev–Trinajstić information content (AvgIpc) is 2.65. The molecule has 1 heterocycles. The molecule has 1 aromatic heterocycles. The van der Waals surface area contributed by atoms with Gasteiger partial charge in [0.2, 0.25) is 0 Å². The predicted molar refractivity (Wildman–Crippen MR) is 88.9 cm³/mol. The summed E-state index contributed by atoms with van der Waals surface area (Å²) in [5.74, 6) is 0.650. The Bertz CT molecular complexity index is 627. The Kier molecular flexibility index (Phi) is 4.66. The van der Waals surface area contributed by atoms with Crippen LogP contribution in [0.1, 0.15) is 31.9 Å². The third-order valence-electron chi connectivity index (χ3n) is 3.65.